The van der Waals surface area contributed by atoms with Crippen molar-refractivity contribution in [2.75, 3.05) is 31.1 Å². The third-order valence-electron chi connectivity index (χ3n) is 7.70. The summed E-state index contributed by atoms with van der Waals surface area (Å²) >= 11 is 0. The lowest BCUT2D eigenvalue weighted by molar-refractivity contribution is -0.134. The van der Waals surface area contributed by atoms with Gasteiger partial charge in [0.25, 0.3) is 0 Å². The Kier molecular flexibility index (Phi) is 7.35. The molecule has 3 aliphatic heterocycles. The van der Waals surface area contributed by atoms with Crippen LogP contribution < -0.4 is 10.2 Å². The molecule has 1 unspecified atom stereocenters. The van der Waals surface area contributed by atoms with Crippen molar-refractivity contribution < 1.29 is 23.9 Å². The van der Waals surface area contributed by atoms with Crippen LogP contribution in [0.15, 0.2) is 18.2 Å². The lowest BCUT2D eigenvalue weighted by Crippen LogP contribution is -2.45. The largest absolute Gasteiger partial charge is 0.444 e. The lowest BCUT2D eigenvalue weighted by atomic mass is 9.92. The van der Waals surface area contributed by atoms with Gasteiger partial charge in [0.2, 0.25) is 11.8 Å². The SMILES string of the molecule is Cn1nc(C2CCC(=O)NC2=O)c2cccc(N3CCC(OC4CCN(C(=O)OC(C)(C)C)CC4)CC3)c21. The molecule has 0 spiro atoms. The van der Waals surface area contributed by atoms with E-state index in [1.807, 2.05) is 44.6 Å². The van der Waals surface area contributed by atoms with Gasteiger partial charge in [0.1, 0.15) is 5.60 Å². The first-order chi connectivity index (χ1) is 18.1. The molecule has 10 heteroatoms. The lowest BCUT2D eigenvalue weighted by Gasteiger charge is -2.38. The van der Waals surface area contributed by atoms with Crippen LogP contribution in [0.1, 0.15) is 70.9 Å². The maximum absolute atomic E-state index is 12.5. The van der Waals surface area contributed by atoms with E-state index in [0.29, 0.717) is 25.9 Å². The number of fused-ring (bicyclic) bond motifs is 1. The topological polar surface area (TPSA) is 106 Å². The maximum atomic E-state index is 12.5. The Morgan fingerprint density at radius 3 is 2.29 bits per heavy atom. The molecule has 10 nitrogen and oxygen atoms in total. The van der Waals surface area contributed by atoms with Gasteiger partial charge in [-0.1, -0.05) is 12.1 Å². The van der Waals surface area contributed by atoms with Gasteiger partial charge >= 0.3 is 6.09 Å². The van der Waals surface area contributed by atoms with Crippen LogP contribution >= 0.6 is 0 Å². The smallest absolute Gasteiger partial charge is 0.410 e. The second-order valence-corrected chi connectivity index (χ2v) is 11.7. The zero-order chi connectivity index (χ0) is 27.0. The molecule has 3 amide bonds. The summed E-state index contributed by atoms with van der Waals surface area (Å²) in [5.74, 6) is -0.889. The number of carbonyl (C=O) groups is 3. The van der Waals surface area contributed by atoms with Gasteiger partial charge in [-0.3, -0.25) is 19.6 Å². The van der Waals surface area contributed by atoms with Crippen molar-refractivity contribution >= 4 is 34.5 Å². The Balaban J connectivity index is 1.18. The van der Waals surface area contributed by atoms with Crippen molar-refractivity contribution in [2.24, 2.45) is 7.05 Å². The number of hydrogen-bond donors (Lipinski definition) is 1. The highest BCUT2D eigenvalue weighted by molar-refractivity contribution is 6.03. The third-order valence-corrected chi connectivity index (χ3v) is 7.70. The number of aromatic nitrogens is 2. The molecule has 3 aliphatic rings. The Bertz CT molecular complexity index is 1200. The highest BCUT2D eigenvalue weighted by atomic mass is 16.6. The summed E-state index contributed by atoms with van der Waals surface area (Å²) < 4.78 is 13.8. The first kappa shape index (κ1) is 26.5. The molecule has 1 N–H and O–H groups in total. The summed E-state index contributed by atoms with van der Waals surface area (Å²) in [7, 11) is 1.92. The molecule has 0 saturated carbocycles. The first-order valence-electron chi connectivity index (χ1n) is 13.8. The first-order valence-corrected chi connectivity index (χ1v) is 13.8. The van der Waals surface area contributed by atoms with E-state index in [1.54, 1.807) is 4.90 Å². The molecule has 38 heavy (non-hydrogen) atoms. The van der Waals surface area contributed by atoms with Crippen molar-refractivity contribution in [2.45, 2.75) is 83.0 Å². The number of hydrogen-bond acceptors (Lipinski definition) is 7. The number of carbonyl (C=O) groups excluding carboxylic acids is 3. The maximum Gasteiger partial charge on any atom is 0.410 e. The standard InChI is InChI=1S/C28H39N5O5/c1-28(2,3)38-27(36)33-16-12-19(13-17-33)37-18-10-14-32(15-11-18)22-7-5-6-20-24(30-31(4)25(20)22)21-8-9-23(34)29-26(21)35/h5-7,18-19,21H,8-17H2,1-4H3,(H,29,34,35). The summed E-state index contributed by atoms with van der Waals surface area (Å²) in [4.78, 5) is 40.6. The van der Waals surface area contributed by atoms with Gasteiger partial charge in [0.05, 0.1) is 35.0 Å². The highest BCUT2D eigenvalue weighted by Gasteiger charge is 2.33. The second kappa shape index (κ2) is 10.6. The molecule has 0 aliphatic carbocycles. The molecule has 206 valence electrons. The molecule has 3 saturated heterocycles. The van der Waals surface area contributed by atoms with Crippen molar-refractivity contribution in [1.29, 1.82) is 0 Å². The number of para-hydroxylation sites is 1. The number of nitrogens with zero attached hydrogens (tertiary/aromatic N) is 4. The average Bonchev–Trinajstić information content (AvgIpc) is 3.20. The second-order valence-electron chi connectivity index (χ2n) is 11.7. The number of amides is 3. The van der Waals surface area contributed by atoms with Crippen molar-refractivity contribution in [3.05, 3.63) is 23.9 Å². The molecule has 3 fully saturated rings. The van der Waals surface area contributed by atoms with Gasteiger partial charge in [-0.2, -0.15) is 5.10 Å². The Morgan fingerprint density at radius 1 is 1.00 bits per heavy atom. The van der Waals surface area contributed by atoms with Gasteiger partial charge in [-0.25, -0.2) is 4.79 Å². The van der Waals surface area contributed by atoms with E-state index >= 15 is 0 Å². The summed E-state index contributed by atoms with van der Waals surface area (Å²) in [5.41, 5.74) is 2.39. The van der Waals surface area contributed by atoms with Crippen LogP contribution in [0.25, 0.3) is 10.9 Å². The predicted molar refractivity (Wildman–Crippen MR) is 143 cm³/mol. The van der Waals surface area contributed by atoms with Crippen LogP contribution in [0.2, 0.25) is 0 Å². The van der Waals surface area contributed by atoms with E-state index in [4.69, 9.17) is 14.6 Å². The summed E-state index contributed by atoms with van der Waals surface area (Å²) in [6, 6.07) is 6.16. The fraction of sp³-hybridized carbons (Fsp3) is 0.643. The van der Waals surface area contributed by atoms with E-state index in [0.717, 1.165) is 61.1 Å². The zero-order valence-electron chi connectivity index (χ0n) is 22.9. The number of likely N-dealkylation sites (tertiary alicyclic amines) is 1. The number of piperidine rings is 3. The summed E-state index contributed by atoms with van der Waals surface area (Å²) in [6.07, 6.45) is 4.47. The van der Waals surface area contributed by atoms with Crippen LogP contribution in [0.5, 0.6) is 0 Å². The van der Waals surface area contributed by atoms with Gasteiger partial charge in [-0.05, 0) is 58.9 Å². The molecule has 1 aromatic heterocycles. The van der Waals surface area contributed by atoms with Gasteiger partial charge in [-0.15, -0.1) is 0 Å². The Hall–Kier alpha value is -3.14. The number of nitrogens with one attached hydrogen (secondary N) is 1. The fourth-order valence-corrected chi connectivity index (χ4v) is 5.82. The van der Waals surface area contributed by atoms with Crippen LogP contribution in [0.3, 0.4) is 0 Å². The van der Waals surface area contributed by atoms with Crippen LogP contribution in [0.4, 0.5) is 10.5 Å². The Morgan fingerprint density at radius 2 is 1.66 bits per heavy atom. The number of ether oxygens (including phenoxy) is 2. The summed E-state index contributed by atoms with van der Waals surface area (Å²) in [6.45, 7) is 8.74. The molecular formula is C28H39N5O5. The molecule has 1 atom stereocenters. The predicted octanol–water partition coefficient (Wildman–Crippen LogP) is 3.48. The van der Waals surface area contributed by atoms with Crippen LogP contribution in [0, 0.1) is 0 Å². The third kappa shape index (κ3) is 5.65. The summed E-state index contributed by atoms with van der Waals surface area (Å²) in [5, 5.41) is 8.16. The normalized spacial score (nSPS) is 22.2. The van der Waals surface area contributed by atoms with Gasteiger partial charge in [0, 0.05) is 45.0 Å². The minimum absolute atomic E-state index is 0.168. The van der Waals surface area contributed by atoms with Crippen molar-refractivity contribution in [1.82, 2.24) is 20.0 Å². The van der Waals surface area contributed by atoms with E-state index in [-0.39, 0.29) is 30.1 Å². The number of imide groups is 1. The molecule has 0 radical (unpaired) electrons. The van der Waals surface area contributed by atoms with E-state index < -0.39 is 11.5 Å². The van der Waals surface area contributed by atoms with E-state index in [1.165, 1.54) is 0 Å². The van der Waals surface area contributed by atoms with E-state index in [9.17, 15) is 14.4 Å². The van der Waals surface area contributed by atoms with Crippen molar-refractivity contribution in [3.63, 3.8) is 0 Å². The molecule has 1 aromatic carbocycles. The minimum atomic E-state index is -0.481. The van der Waals surface area contributed by atoms with Gasteiger partial charge in [0.15, 0.2) is 0 Å². The van der Waals surface area contributed by atoms with E-state index in [2.05, 4.69) is 16.3 Å². The number of rotatable bonds is 4. The zero-order valence-corrected chi connectivity index (χ0v) is 22.9. The Labute approximate surface area is 223 Å². The average molecular weight is 526 g/mol. The number of benzene rings is 1. The number of anilines is 1. The van der Waals surface area contributed by atoms with Crippen LogP contribution in [-0.2, 0) is 26.1 Å². The quantitative estimate of drug-likeness (QED) is 0.609. The molecule has 4 heterocycles. The van der Waals surface area contributed by atoms with Crippen molar-refractivity contribution in [3.8, 4) is 0 Å². The highest BCUT2D eigenvalue weighted by Crippen LogP contribution is 2.36. The molecule has 5 rings (SSSR count). The monoisotopic (exact) mass is 525 g/mol. The minimum Gasteiger partial charge on any atom is -0.444 e. The molecular weight excluding hydrogens is 486 g/mol. The van der Waals surface area contributed by atoms with Crippen LogP contribution in [-0.4, -0.2) is 76.6 Å². The fourth-order valence-electron chi connectivity index (χ4n) is 5.82. The number of aryl methyl sites for hydroxylation is 1. The molecule has 2 aromatic rings. The van der Waals surface area contributed by atoms with Gasteiger partial charge < -0.3 is 19.3 Å². The molecule has 0 bridgehead atoms.